The summed E-state index contributed by atoms with van der Waals surface area (Å²) in [5.74, 6) is -0.0149. The Labute approximate surface area is 103 Å². The molecule has 5 heteroatoms. The fourth-order valence-corrected chi connectivity index (χ4v) is 1.93. The van der Waals surface area contributed by atoms with Crippen LogP contribution < -0.4 is 11.1 Å². The molecule has 0 radical (unpaired) electrons. The van der Waals surface area contributed by atoms with Gasteiger partial charge in [0.1, 0.15) is 0 Å². The minimum Gasteiger partial charge on any atom is -0.394 e. The van der Waals surface area contributed by atoms with Crippen molar-refractivity contribution in [3.63, 3.8) is 0 Å². The van der Waals surface area contributed by atoms with Crippen LogP contribution in [0.1, 0.15) is 33.1 Å². The van der Waals surface area contributed by atoms with E-state index >= 15 is 0 Å². The van der Waals surface area contributed by atoms with Crippen molar-refractivity contribution in [2.45, 2.75) is 44.7 Å². The molecule has 1 aliphatic heterocycles. The van der Waals surface area contributed by atoms with Gasteiger partial charge in [-0.15, -0.1) is 0 Å². The Balaban J connectivity index is 2.34. The quantitative estimate of drug-likeness (QED) is 0.619. The normalized spacial score (nSPS) is 22.1. The third-order valence-corrected chi connectivity index (χ3v) is 3.57. The van der Waals surface area contributed by atoms with Gasteiger partial charge in [0, 0.05) is 19.1 Å². The highest BCUT2D eigenvalue weighted by Crippen LogP contribution is 2.10. The summed E-state index contributed by atoms with van der Waals surface area (Å²) in [7, 11) is 0. The fourth-order valence-electron chi connectivity index (χ4n) is 1.93. The van der Waals surface area contributed by atoms with Crippen LogP contribution in [0.2, 0.25) is 0 Å². The lowest BCUT2D eigenvalue weighted by molar-refractivity contribution is -0.124. The molecule has 1 amide bonds. The molecule has 0 bridgehead atoms. The Morgan fingerprint density at radius 1 is 1.53 bits per heavy atom. The van der Waals surface area contributed by atoms with Gasteiger partial charge in [0.15, 0.2) is 0 Å². The molecule has 0 spiro atoms. The van der Waals surface area contributed by atoms with E-state index in [1.54, 1.807) is 0 Å². The van der Waals surface area contributed by atoms with Crippen molar-refractivity contribution in [2.24, 2.45) is 5.73 Å². The molecule has 0 aromatic carbocycles. The minimum atomic E-state index is -0.497. The molecule has 0 aliphatic carbocycles. The predicted octanol–water partition coefficient (Wildman–Crippen LogP) is -0.313. The molecule has 17 heavy (non-hydrogen) atoms. The molecule has 1 heterocycles. The third kappa shape index (κ3) is 4.61. The highest BCUT2D eigenvalue weighted by molar-refractivity contribution is 5.78. The third-order valence-electron chi connectivity index (χ3n) is 3.57. The van der Waals surface area contributed by atoms with Crippen LogP contribution in [0.15, 0.2) is 0 Å². The highest BCUT2D eigenvalue weighted by Gasteiger charge is 2.25. The van der Waals surface area contributed by atoms with E-state index in [9.17, 15) is 9.90 Å². The van der Waals surface area contributed by atoms with Crippen LogP contribution in [0.25, 0.3) is 0 Å². The largest absolute Gasteiger partial charge is 0.394 e. The second-order valence-electron chi connectivity index (χ2n) is 5.23. The molecule has 100 valence electrons. The van der Waals surface area contributed by atoms with Gasteiger partial charge in [0.25, 0.3) is 0 Å². The first-order chi connectivity index (χ1) is 7.99. The van der Waals surface area contributed by atoms with Crippen LogP contribution in [0.4, 0.5) is 0 Å². The predicted molar refractivity (Wildman–Crippen MR) is 67.6 cm³/mol. The first-order valence-corrected chi connectivity index (χ1v) is 6.39. The van der Waals surface area contributed by atoms with Gasteiger partial charge >= 0.3 is 0 Å². The van der Waals surface area contributed by atoms with Crippen molar-refractivity contribution in [2.75, 3.05) is 26.2 Å². The van der Waals surface area contributed by atoms with E-state index in [1.807, 2.05) is 13.8 Å². The lowest BCUT2D eigenvalue weighted by Crippen LogP contribution is -2.52. The summed E-state index contributed by atoms with van der Waals surface area (Å²) in [6.07, 6.45) is 2.64. The number of nitrogens with two attached hydrogens (primary N) is 1. The zero-order valence-electron chi connectivity index (χ0n) is 10.9. The summed E-state index contributed by atoms with van der Waals surface area (Å²) in [4.78, 5) is 13.9. The fraction of sp³-hybridized carbons (Fsp3) is 0.917. The maximum absolute atomic E-state index is 11.8. The van der Waals surface area contributed by atoms with Crippen molar-refractivity contribution in [3.05, 3.63) is 0 Å². The average Bonchev–Trinajstić information content (AvgIpc) is 2.32. The second-order valence-corrected chi connectivity index (χ2v) is 5.23. The van der Waals surface area contributed by atoms with E-state index in [-0.39, 0.29) is 18.6 Å². The van der Waals surface area contributed by atoms with Gasteiger partial charge in [-0.2, -0.15) is 0 Å². The van der Waals surface area contributed by atoms with Gasteiger partial charge in [0.2, 0.25) is 5.91 Å². The van der Waals surface area contributed by atoms with Crippen LogP contribution >= 0.6 is 0 Å². The van der Waals surface area contributed by atoms with Crippen LogP contribution in [0.5, 0.6) is 0 Å². The zero-order chi connectivity index (χ0) is 12.9. The lowest BCUT2D eigenvalue weighted by Gasteiger charge is -2.32. The van der Waals surface area contributed by atoms with Gasteiger partial charge in [0.05, 0.1) is 18.7 Å². The van der Waals surface area contributed by atoms with Gasteiger partial charge in [-0.1, -0.05) is 6.92 Å². The standard InChI is InChI=1S/C12H25N3O2/c1-3-12(2,9-16)14-11(17)8-15-6-4-10(13)5-7-15/h10,16H,3-9,13H2,1-2H3,(H,14,17). The summed E-state index contributed by atoms with van der Waals surface area (Å²) in [5, 5.41) is 12.1. The molecular weight excluding hydrogens is 218 g/mol. The Kier molecular flexibility index (Phi) is 5.36. The van der Waals surface area contributed by atoms with Crippen molar-refractivity contribution in [1.29, 1.82) is 0 Å². The number of aliphatic hydroxyl groups excluding tert-OH is 1. The maximum atomic E-state index is 11.8. The number of likely N-dealkylation sites (tertiary alicyclic amines) is 1. The summed E-state index contributed by atoms with van der Waals surface area (Å²) >= 11 is 0. The van der Waals surface area contributed by atoms with Crippen LogP contribution in [-0.4, -0.2) is 53.7 Å². The lowest BCUT2D eigenvalue weighted by atomic mass is 10.0. The van der Waals surface area contributed by atoms with Crippen molar-refractivity contribution >= 4 is 5.91 Å². The summed E-state index contributed by atoms with van der Waals surface area (Å²) in [6.45, 7) is 5.96. The van der Waals surface area contributed by atoms with Crippen molar-refractivity contribution in [1.82, 2.24) is 10.2 Å². The monoisotopic (exact) mass is 243 g/mol. The van der Waals surface area contributed by atoms with Crippen LogP contribution in [-0.2, 0) is 4.79 Å². The number of carbonyl (C=O) groups is 1. The first-order valence-electron chi connectivity index (χ1n) is 6.39. The number of nitrogens with zero attached hydrogens (tertiary/aromatic N) is 1. The van der Waals surface area contributed by atoms with Crippen molar-refractivity contribution in [3.8, 4) is 0 Å². The Morgan fingerprint density at radius 3 is 2.59 bits per heavy atom. The molecule has 5 nitrogen and oxygen atoms in total. The molecule has 0 saturated carbocycles. The summed E-state index contributed by atoms with van der Waals surface area (Å²) < 4.78 is 0. The first kappa shape index (κ1) is 14.4. The van der Waals surface area contributed by atoms with Gasteiger partial charge in [-0.3, -0.25) is 9.69 Å². The van der Waals surface area contributed by atoms with Gasteiger partial charge in [-0.25, -0.2) is 0 Å². The molecule has 1 rings (SSSR count). The zero-order valence-corrected chi connectivity index (χ0v) is 10.9. The van der Waals surface area contributed by atoms with E-state index in [2.05, 4.69) is 10.2 Å². The molecule has 1 aliphatic rings. The van der Waals surface area contributed by atoms with Gasteiger partial charge < -0.3 is 16.2 Å². The van der Waals surface area contributed by atoms with E-state index in [4.69, 9.17) is 5.73 Å². The number of hydrogen-bond donors (Lipinski definition) is 3. The number of hydrogen-bond acceptors (Lipinski definition) is 4. The van der Waals surface area contributed by atoms with E-state index in [0.717, 1.165) is 32.4 Å². The number of nitrogens with one attached hydrogen (secondary N) is 1. The maximum Gasteiger partial charge on any atom is 0.234 e. The molecule has 0 aromatic heterocycles. The number of piperidine rings is 1. The molecular formula is C12H25N3O2. The minimum absolute atomic E-state index is 0.0149. The number of rotatable bonds is 5. The molecule has 1 saturated heterocycles. The second kappa shape index (κ2) is 6.33. The highest BCUT2D eigenvalue weighted by atomic mass is 16.3. The van der Waals surface area contributed by atoms with Gasteiger partial charge in [-0.05, 0) is 26.2 Å². The Hall–Kier alpha value is -0.650. The van der Waals surface area contributed by atoms with Crippen molar-refractivity contribution < 1.29 is 9.90 Å². The number of amides is 1. The molecule has 4 N–H and O–H groups in total. The molecule has 0 aromatic rings. The molecule has 1 atom stereocenters. The molecule has 1 unspecified atom stereocenters. The Bertz CT molecular complexity index is 246. The van der Waals surface area contributed by atoms with E-state index < -0.39 is 5.54 Å². The summed E-state index contributed by atoms with van der Waals surface area (Å²) in [6, 6.07) is 0.285. The van der Waals surface area contributed by atoms with Crippen LogP contribution in [0, 0.1) is 0 Å². The van der Waals surface area contributed by atoms with E-state index in [1.165, 1.54) is 0 Å². The Morgan fingerprint density at radius 2 is 2.12 bits per heavy atom. The molecule has 1 fully saturated rings. The van der Waals surface area contributed by atoms with Crippen LogP contribution in [0.3, 0.4) is 0 Å². The number of aliphatic hydroxyl groups is 1. The smallest absolute Gasteiger partial charge is 0.234 e. The topological polar surface area (TPSA) is 78.6 Å². The number of carbonyl (C=O) groups excluding carboxylic acids is 1. The summed E-state index contributed by atoms with van der Waals surface area (Å²) in [5.41, 5.74) is 5.32. The van der Waals surface area contributed by atoms with E-state index in [0.29, 0.717) is 6.54 Å². The SMILES string of the molecule is CCC(C)(CO)NC(=O)CN1CCC(N)CC1. The average molecular weight is 243 g/mol.